The number of benzene rings is 9. The van der Waals surface area contributed by atoms with Crippen molar-refractivity contribution >= 4 is 94.1 Å². The van der Waals surface area contributed by atoms with E-state index in [1.54, 1.807) is 7.11 Å². The van der Waals surface area contributed by atoms with Crippen molar-refractivity contribution in [2.45, 2.75) is 52.5 Å². The van der Waals surface area contributed by atoms with E-state index >= 15 is 0 Å². The monoisotopic (exact) mass is 993 g/mol. The van der Waals surface area contributed by atoms with E-state index in [-0.39, 0.29) is 6.04 Å². The lowest BCUT2D eigenvalue weighted by Crippen LogP contribution is -2.28. The van der Waals surface area contributed by atoms with E-state index in [0.717, 1.165) is 105 Å². The molecular formula is C69H59N3O2S. The van der Waals surface area contributed by atoms with Gasteiger partial charge in [-0.3, -0.25) is 0 Å². The third-order valence-corrected chi connectivity index (χ3v) is 16.0. The maximum Gasteiger partial charge on any atom is 0.137 e. The van der Waals surface area contributed by atoms with Crippen molar-refractivity contribution in [3.8, 4) is 28.0 Å². The van der Waals surface area contributed by atoms with E-state index in [1.807, 2.05) is 29.5 Å². The summed E-state index contributed by atoms with van der Waals surface area (Å²) in [7, 11) is 1.73. The minimum absolute atomic E-state index is 0.141. The Morgan fingerprint density at radius 1 is 0.587 bits per heavy atom. The number of aryl methyl sites for hydroxylation is 1. The first-order valence-corrected chi connectivity index (χ1v) is 27.0. The van der Waals surface area contributed by atoms with Gasteiger partial charge in [0.2, 0.25) is 0 Å². The molecule has 368 valence electrons. The van der Waals surface area contributed by atoms with Crippen LogP contribution in [0, 0.1) is 0 Å². The number of hydrogen-bond donors (Lipinski definition) is 0. The Hall–Kier alpha value is -8.58. The van der Waals surface area contributed by atoms with Crippen molar-refractivity contribution in [1.82, 2.24) is 0 Å². The first-order chi connectivity index (χ1) is 37.0. The first kappa shape index (κ1) is 47.4. The van der Waals surface area contributed by atoms with Crippen molar-refractivity contribution in [3.63, 3.8) is 0 Å². The van der Waals surface area contributed by atoms with Crippen LogP contribution in [0.4, 0.5) is 45.5 Å². The molecule has 0 aliphatic heterocycles. The predicted molar refractivity (Wildman–Crippen MR) is 320 cm³/mol. The molecule has 2 heterocycles. The zero-order valence-corrected chi connectivity index (χ0v) is 43.8. The summed E-state index contributed by atoms with van der Waals surface area (Å²) >= 11 is 1.85. The number of nitrogens with zero attached hydrogens (tertiary/aromatic N) is 3. The van der Waals surface area contributed by atoms with Gasteiger partial charge in [-0.1, -0.05) is 136 Å². The highest BCUT2D eigenvalue weighted by molar-refractivity contribution is 7.26. The topological polar surface area (TPSA) is 32.1 Å². The molecule has 1 aliphatic rings. The maximum atomic E-state index is 6.68. The largest absolute Gasteiger partial charge is 0.496 e. The minimum Gasteiger partial charge on any atom is -0.496 e. The van der Waals surface area contributed by atoms with Crippen LogP contribution in [0.5, 0.6) is 5.75 Å². The van der Waals surface area contributed by atoms with E-state index in [1.165, 1.54) is 48.1 Å². The van der Waals surface area contributed by atoms with E-state index in [9.17, 15) is 0 Å². The van der Waals surface area contributed by atoms with Crippen LogP contribution >= 0.6 is 11.3 Å². The molecule has 0 amide bonds. The summed E-state index contributed by atoms with van der Waals surface area (Å²) in [4.78, 5) is 7.36. The van der Waals surface area contributed by atoms with Gasteiger partial charge in [0.05, 0.1) is 23.5 Å². The van der Waals surface area contributed by atoms with Crippen molar-refractivity contribution in [3.05, 3.63) is 241 Å². The van der Waals surface area contributed by atoms with Crippen LogP contribution in [0.2, 0.25) is 0 Å². The molecule has 0 saturated carbocycles. The van der Waals surface area contributed by atoms with E-state index in [2.05, 4.69) is 242 Å². The van der Waals surface area contributed by atoms with Crippen molar-refractivity contribution < 1.29 is 9.15 Å². The van der Waals surface area contributed by atoms with Crippen molar-refractivity contribution in [1.29, 1.82) is 0 Å². The van der Waals surface area contributed by atoms with Gasteiger partial charge in [0.15, 0.2) is 0 Å². The smallest absolute Gasteiger partial charge is 0.137 e. The lowest BCUT2D eigenvalue weighted by molar-refractivity contribution is 0.416. The van der Waals surface area contributed by atoms with Gasteiger partial charge in [0, 0.05) is 84.3 Å². The number of rotatable bonds is 16. The fraction of sp³-hybridized carbons (Fsp3) is 0.130. The van der Waals surface area contributed by atoms with Crippen LogP contribution in [0.1, 0.15) is 56.1 Å². The molecule has 11 aromatic rings. The highest BCUT2D eigenvalue weighted by Crippen LogP contribution is 2.51. The quantitative estimate of drug-likeness (QED) is 0.0901. The Balaban J connectivity index is 1.10. The minimum atomic E-state index is 0.141. The van der Waals surface area contributed by atoms with Crippen LogP contribution in [0.3, 0.4) is 0 Å². The van der Waals surface area contributed by atoms with Gasteiger partial charge < -0.3 is 23.9 Å². The summed E-state index contributed by atoms with van der Waals surface area (Å²) in [6, 6.07) is 73.2. The molecule has 0 radical (unpaired) electrons. The molecule has 0 bridgehead atoms. The zero-order chi connectivity index (χ0) is 51.0. The molecule has 1 aliphatic carbocycles. The molecule has 12 rings (SSSR count). The molecule has 0 saturated heterocycles. The van der Waals surface area contributed by atoms with Gasteiger partial charge in [-0.15, -0.1) is 11.3 Å². The number of furan rings is 1. The average Bonchev–Trinajstić information content (AvgIpc) is 4.14. The number of anilines is 8. The van der Waals surface area contributed by atoms with Gasteiger partial charge in [-0.05, 0) is 151 Å². The second-order valence-corrected chi connectivity index (χ2v) is 20.4. The van der Waals surface area contributed by atoms with Gasteiger partial charge in [-0.2, -0.15) is 0 Å². The Morgan fingerprint density at radius 3 is 1.96 bits per heavy atom. The maximum absolute atomic E-state index is 6.68. The lowest BCUT2D eigenvalue weighted by Gasteiger charge is -2.32. The van der Waals surface area contributed by atoms with E-state index in [0.29, 0.717) is 0 Å². The van der Waals surface area contributed by atoms with Crippen molar-refractivity contribution in [2.24, 2.45) is 0 Å². The molecule has 75 heavy (non-hydrogen) atoms. The molecule has 0 N–H and O–H groups in total. The fourth-order valence-corrected chi connectivity index (χ4v) is 12.5. The lowest BCUT2D eigenvalue weighted by atomic mass is 10.0. The van der Waals surface area contributed by atoms with Crippen LogP contribution in [-0.2, 0) is 12.8 Å². The third kappa shape index (κ3) is 8.65. The highest BCUT2D eigenvalue weighted by atomic mass is 32.1. The number of fused-ring (bicyclic) bond motifs is 7. The number of ether oxygens (including phenoxy) is 1. The summed E-state index contributed by atoms with van der Waals surface area (Å²) in [6.45, 7) is 10.8. The van der Waals surface area contributed by atoms with E-state index < -0.39 is 0 Å². The summed E-state index contributed by atoms with van der Waals surface area (Å²) in [5.74, 6) is 1.82. The number of para-hydroxylation sites is 3. The molecular weight excluding hydrogens is 935 g/mol. The molecule has 1 atom stereocenters. The Morgan fingerprint density at radius 2 is 1.23 bits per heavy atom. The van der Waals surface area contributed by atoms with Gasteiger partial charge >= 0.3 is 0 Å². The molecule has 0 fully saturated rings. The fourth-order valence-electron chi connectivity index (χ4n) is 11.4. The van der Waals surface area contributed by atoms with Crippen LogP contribution < -0.4 is 19.4 Å². The first-order valence-electron chi connectivity index (χ1n) is 26.2. The van der Waals surface area contributed by atoms with Crippen LogP contribution in [0.25, 0.3) is 59.5 Å². The van der Waals surface area contributed by atoms with E-state index in [4.69, 9.17) is 9.15 Å². The number of hydrogen-bond acceptors (Lipinski definition) is 6. The van der Waals surface area contributed by atoms with Gasteiger partial charge in [-0.25, -0.2) is 0 Å². The third-order valence-electron chi connectivity index (χ3n) is 14.8. The number of methoxy groups -OCH3 is 1. The zero-order valence-electron chi connectivity index (χ0n) is 43.0. The Labute approximate surface area is 444 Å². The second-order valence-electron chi connectivity index (χ2n) is 19.3. The SMILES string of the molecule is C=Cc1c(CCC)oc2cc(N(c3ccccc3)c3cc(N(c4ccccc4)c4ccc(-c5ccccc5OC)cc4)c4sc5ccc(N(c6ccc7c(c6)Cc6ccccc6-7)C(/C=C\C)CC)cc5c4c3)ccc12. The van der Waals surface area contributed by atoms with Crippen LogP contribution in [0.15, 0.2) is 223 Å². The summed E-state index contributed by atoms with van der Waals surface area (Å²) < 4.78 is 14.9. The predicted octanol–water partition coefficient (Wildman–Crippen LogP) is 20.1. The standard InChI is InChI=1S/C69H59N3O2S/c1-6-20-49(8-3)70(53-34-37-59-48(41-53)40-47-22-16-17-27-58(47)59)54-36-39-68-62(42-54)63-43-56(71(50-23-12-10-13-24-50)55-35-38-61-57(9-4)66(21-7-2)74-67(61)45-55)44-64(69(63)75-68)72(51-25-14-11-15-26-51)52-32-30-46(31-33-52)60-28-18-19-29-65(60)73-5/h6,9-20,22-39,41-45,49H,4,7-8,21,40H2,1-3,5H3/b20-6-. The molecule has 5 nitrogen and oxygen atoms in total. The second kappa shape index (κ2) is 20.4. The van der Waals surface area contributed by atoms with Gasteiger partial charge in [0.25, 0.3) is 0 Å². The van der Waals surface area contributed by atoms with Crippen molar-refractivity contribution in [2.75, 3.05) is 21.8 Å². The van der Waals surface area contributed by atoms with Crippen LogP contribution in [-0.4, -0.2) is 13.2 Å². The molecule has 2 aromatic heterocycles. The van der Waals surface area contributed by atoms with Gasteiger partial charge in [0.1, 0.15) is 17.1 Å². The number of allylic oxidation sites excluding steroid dienone is 1. The average molecular weight is 994 g/mol. The normalized spacial score (nSPS) is 12.3. The Bertz CT molecular complexity index is 3910. The summed E-state index contributed by atoms with van der Waals surface area (Å²) in [6.07, 6.45) is 10.2. The summed E-state index contributed by atoms with van der Waals surface area (Å²) in [5, 5.41) is 3.46. The highest BCUT2D eigenvalue weighted by Gasteiger charge is 2.27. The number of thiophene rings is 1. The Kier molecular flexibility index (Phi) is 12.9. The summed E-state index contributed by atoms with van der Waals surface area (Å²) in [5.41, 5.74) is 18.1. The molecule has 6 heteroatoms. The molecule has 9 aromatic carbocycles. The molecule has 1 unspecified atom stereocenters. The molecule has 0 spiro atoms.